The van der Waals surface area contributed by atoms with Crippen LogP contribution in [0.25, 0.3) is 0 Å². The summed E-state index contributed by atoms with van der Waals surface area (Å²) in [5.41, 5.74) is 1.22. The van der Waals surface area contributed by atoms with Crippen LogP contribution in [0, 0.1) is 5.82 Å². The Bertz CT molecular complexity index is 588. The molecule has 0 saturated heterocycles. The van der Waals surface area contributed by atoms with E-state index in [0.717, 1.165) is 15.9 Å². The van der Waals surface area contributed by atoms with Gasteiger partial charge in [-0.05, 0) is 59.2 Å². The molecule has 0 bridgehead atoms. The van der Waals surface area contributed by atoms with Crippen LogP contribution >= 0.6 is 27.7 Å². The minimum Gasteiger partial charge on any atom is -0.310 e. The molecule has 2 aromatic rings. The molecule has 1 nitrogen and oxygen atoms in total. The number of rotatable bonds is 5. The fourth-order valence-electron chi connectivity index (χ4n) is 1.94. The van der Waals surface area contributed by atoms with Crippen molar-refractivity contribution in [2.24, 2.45) is 0 Å². The van der Waals surface area contributed by atoms with Crippen molar-refractivity contribution in [1.82, 2.24) is 5.32 Å². The van der Waals surface area contributed by atoms with Gasteiger partial charge in [0.05, 0.1) is 0 Å². The van der Waals surface area contributed by atoms with E-state index >= 15 is 0 Å². The quantitative estimate of drug-likeness (QED) is 0.771. The van der Waals surface area contributed by atoms with Crippen molar-refractivity contribution >= 4 is 27.7 Å². The zero-order valence-electron chi connectivity index (χ0n) is 11.5. The maximum atomic E-state index is 13.7. The van der Waals surface area contributed by atoms with Gasteiger partial charge in [0.25, 0.3) is 0 Å². The molecule has 0 aliphatic carbocycles. The molecular formula is C16H17BrFNS. The van der Waals surface area contributed by atoms with Crippen LogP contribution in [-0.4, -0.2) is 6.54 Å². The molecule has 0 aliphatic rings. The second-order valence-electron chi connectivity index (χ2n) is 4.50. The van der Waals surface area contributed by atoms with E-state index in [1.54, 1.807) is 12.1 Å². The summed E-state index contributed by atoms with van der Waals surface area (Å²) in [4.78, 5) is 1.66. The second kappa shape index (κ2) is 7.25. The number of halogens is 2. The van der Waals surface area contributed by atoms with Gasteiger partial charge in [0, 0.05) is 20.3 Å². The lowest BCUT2D eigenvalue weighted by Crippen LogP contribution is -2.17. The maximum absolute atomic E-state index is 13.7. The Balaban J connectivity index is 2.20. The lowest BCUT2D eigenvalue weighted by Gasteiger charge is -2.14. The van der Waals surface area contributed by atoms with Gasteiger partial charge < -0.3 is 5.32 Å². The summed E-state index contributed by atoms with van der Waals surface area (Å²) in [5, 5.41) is 3.38. The Kier molecular flexibility index (Phi) is 5.64. The highest BCUT2D eigenvalue weighted by Gasteiger charge is 2.09. The van der Waals surface area contributed by atoms with E-state index in [4.69, 9.17) is 0 Å². The largest absolute Gasteiger partial charge is 0.310 e. The number of hydrogen-bond acceptors (Lipinski definition) is 2. The first kappa shape index (κ1) is 15.5. The van der Waals surface area contributed by atoms with Gasteiger partial charge in [-0.2, -0.15) is 0 Å². The molecule has 0 heterocycles. The molecule has 0 fully saturated rings. The second-order valence-corrected chi connectivity index (χ2v) is 6.44. The smallest absolute Gasteiger partial charge is 0.137 e. The predicted molar refractivity (Wildman–Crippen MR) is 86.8 cm³/mol. The molecule has 2 aromatic carbocycles. The Morgan fingerprint density at radius 1 is 1.20 bits per heavy atom. The highest BCUT2D eigenvalue weighted by molar-refractivity contribution is 9.10. The summed E-state index contributed by atoms with van der Waals surface area (Å²) in [6.07, 6.45) is 0. The highest BCUT2D eigenvalue weighted by Crippen LogP contribution is 2.36. The molecule has 106 valence electrons. The summed E-state index contributed by atoms with van der Waals surface area (Å²) >= 11 is 5.01. The van der Waals surface area contributed by atoms with Crippen LogP contribution in [0.2, 0.25) is 0 Å². The van der Waals surface area contributed by atoms with Crippen LogP contribution in [-0.2, 0) is 0 Å². The zero-order chi connectivity index (χ0) is 14.5. The molecule has 0 amide bonds. The van der Waals surface area contributed by atoms with Crippen molar-refractivity contribution in [3.63, 3.8) is 0 Å². The van der Waals surface area contributed by atoms with E-state index in [1.807, 2.05) is 12.1 Å². The maximum Gasteiger partial charge on any atom is 0.137 e. The number of benzene rings is 2. The van der Waals surface area contributed by atoms with E-state index in [-0.39, 0.29) is 5.82 Å². The van der Waals surface area contributed by atoms with Crippen LogP contribution in [0.3, 0.4) is 0 Å². The van der Waals surface area contributed by atoms with Gasteiger partial charge in [-0.25, -0.2) is 4.39 Å². The molecule has 1 N–H and O–H groups in total. The lowest BCUT2D eigenvalue weighted by atomic mass is 10.1. The van der Waals surface area contributed by atoms with Crippen LogP contribution in [0.5, 0.6) is 0 Å². The fourth-order valence-corrected chi connectivity index (χ4v) is 3.42. The van der Waals surface area contributed by atoms with E-state index < -0.39 is 0 Å². The normalized spacial score (nSPS) is 12.4. The van der Waals surface area contributed by atoms with Gasteiger partial charge in [-0.3, -0.25) is 0 Å². The van der Waals surface area contributed by atoms with Crippen molar-refractivity contribution in [3.8, 4) is 0 Å². The zero-order valence-corrected chi connectivity index (χ0v) is 13.9. The molecule has 4 heteroatoms. The molecule has 0 spiro atoms. The van der Waals surface area contributed by atoms with Gasteiger partial charge in [-0.1, -0.05) is 36.9 Å². The van der Waals surface area contributed by atoms with E-state index in [0.29, 0.717) is 10.9 Å². The predicted octanol–water partition coefficient (Wildman–Crippen LogP) is 5.41. The first-order valence-electron chi connectivity index (χ1n) is 6.57. The van der Waals surface area contributed by atoms with Crippen LogP contribution in [0.15, 0.2) is 56.7 Å². The van der Waals surface area contributed by atoms with Crippen LogP contribution in [0.4, 0.5) is 4.39 Å². The first-order chi connectivity index (χ1) is 9.61. The molecule has 1 unspecified atom stereocenters. The van der Waals surface area contributed by atoms with Gasteiger partial charge in [0.2, 0.25) is 0 Å². The van der Waals surface area contributed by atoms with Gasteiger partial charge in [0.1, 0.15) is 5.82 Å². The van der Waals surface area contributed by atoms with Crippen molar-refractivity contribution in [1.29, 1.82) is 0 Å². The van der Waals surface area contributed by atoms with E-state index in [2.05, 4.69) is 47.2 Å². The van der Waals surface area contributed by atoms with Crippen LogP contribution < -0.4 is 5.32 Å². The third-order valence-corrected chi connectivity index (χ3v) is 5.07. The molecule has 0 aliphatic heterocycles. The molecule has 20 heavy (non-hydrogen) atoms. The van der Waals surface area contributed by atoms with Gasteiger partial charge in [-0.15, -0.1) is 0 Å². The summed E-state index contributed by atoms with van der Waals surface area (Å²) in [6.45, 7) is 5.16. The molecule has 0 aromatic heterocycles. The fraction of sp³-hybridized carbons (Fsp3) is 0.250. The SMILES string of the molecule is CCNC(C)c1ccc(Sc2ccccc2F)c(Br)c1. The summed E-state index contributed by atoms with van der Waals surface area (Å²) in [5.74, 6) is -0.186. The van der Waals surface area contributed by atoms with E-state index in [1.165, 1.54) is 23.4 Å². The van der Waals surface area contributed by atoms with Crippen LogP contribution in [0.1, 0.15) is 25.5 Å². The standard InChI is InChI=1S/C16H17BrFNS/c1-3-19-11(2)12-8-9-15(13(17)10-12)20-16-7-5-4-6-14(16)18/h4-11,19H,3H2,1-2H3. The average molecular weight is 354 g/mol. The van der Waals surface area contributed by atoms with Crippen molar-refractivity contribution in [3.05, 3.63) is 58.3 Å². The van der Waals surface area contributed by atoms with Crippen molar-refractivity contribution < 1.29 is 4.39 Å². The Morgan fingerprint density at radius 3 is 2.60 bits per heavy atom. The third kappa shape index (κ3) is 3.84. The topological polar surface area (TPSA) is 12.0 Å². The molecular weight excluding hydrogens is 337 g/mol. The molecule has 0 saturated carbocycles. The lowest BCUT2D eigenvalue weighted by molar-refractivity contribution is 0.597. The Hall–Kier alpha value is -0.840. The highest BCUT2D eigenvalue weighted by atomic mass is 79.9. The van der Waals surface area contributed by atoms with Crippen molar-refractivity contribution in [2.75, 3.05) is 6.54 Å². The Labute approximate surface area is 132 Å². The molecule has 2 rings (SSSR count). The van der Waals surface area contributed by atoms with Crippen molar-refractivity contribution in [2.45, 2.75) is 29.7 Å². The number of hydrogen-bond donors (Lipinski definition) is 1. The minimum atomic E-state index is -0.186. The summed E-state index contributed by atoms with van der Waals surface area (Å²) in [6, 6.07) is 13.3. The minimum absolute atomic E-state index is 0.186. The molecule has 1 atom stereocenters. The monoisotopic (exact) mass is 353 g/mol. The number of nitrogens with one attached hydrogen (secondary N) is 1. The molecule has 0 radical (unpaired) electrons. The van der Waals surface area contributed by atoms with E-state index in [9.17, 15) is 4.39 Å². The third-order valence-electron chi connectivity index (χ3n) is 3.02. The Morgan fingerprint density at radius 2 is 1.95 bits per heavy atom. The first-order valence-corrected chi connectivity index (χ1v) is 8.18. The van der Waals surface area contributed by atoms with Gasteiger partial charge >= 0.3 is 0 Å². The summed E-state index contributed by atoms with van der Waals surface area (Å²) in [7, 11) is 0. The average Bonchev–Trinajstić information content (AvgIpc) is 2.43. The van der Waals surface area contributed by atoms with Gasteiger partial charge in [0.15, 0.2) is 0 Å². The summed E-state index contributed by atoms with van der Waals surface area (Å²) < 4.78 is 14.7.